The predicted octanol–water partition coefficient (Wildman–Crippen LogP) is 0.584. The molecule has 7 nitrogen and oxygen atoms in total. The van der Waals surface area contributed by atoms with E-state index in [-0.39, 0.29) is 11.8 Å². The number of ether oxygens (including phenoxy) is 1. The van der Waals surface area contributed by atoms with E-state index >= 15 is 0 Å². The Morgan fingerprint density at radius 3 is 3.16 bits per heavy atom. The van der Waals surface area contributed by atoms with E-state index in [2.05, 4.69) is 15.7 Å². The van der Waals surface area contributed by atoms with Crippen LogP contribution in [0.2, 0.25) is 0 Å². The van der Waals surface area contributed by atoms with Gasteiger partial charge in [-0.2, -0.15) is 5.10 Å². The maximum Gasteiger partial charge on any atom is 0.356 e. The number of aryl methyl sites for hydroxylation is 1. The molecule has 1 atom stereocenters. The van der Waals surface area contributed by atoms with Crippen LogP contribution < -0.4 is 10.6 Å². The molecular formula is C11H16N4O3S. The number of aromatic carboxylic acids is 1. The zero-order chi connectivity index (χ0) is 13.8. The van der Waals surface area contributed by atoms with Crippen LogP contribution in [0.5, 0.6) is 0 Å². The zero-order valence-corrected chi connectivity index (χ0v) is 11.4. The predicted molar refractivity (Wildman–Crippen MR) is 73.4 cm³/mol. The lowest BCUT2D eigenvalue weighted by Crippen LogP contribution is -2.35. The topological polar surface area (TPSA) is 88.4 Å². The Bertz CT molecular complexity index is 482. The first-order valence-corrected chi connectivity index (χ1v) is 6.40. The van der Waals surface area contributed by atoms with Crippen LogP contribution in [0.15, 0.2) is 6.20 Å². The molecule has 0 bridgehead atoms. The van der Waals surface area contributed by atoms with Gasteiger partial charge < -0.3 is 20.5 Å². The Balaban J connectivity index is 1.89. The minimum Gasteiger partial charge on any atom is -0.476 e. The summed E-state index contributed by atoms with van der Waals surface area (Å²) in [6.45, 7) is 1.41. The Hall–Kier alpha value is -1.67. The average molecular weight is 284 g/mol. The number of hydrogen-bond acceptors (Lipinski definition) is 4. The van der Waals surface area contributed by atoms with Crippen LogP contribution in [0.4, 0.5) is 5.69 Å². The SMILES string of the molecule is Cn1ncc(NC(=S)NCC2CCCO2)c1C(=O)O. The lowest BCUT2D eigenvalue weighted by molar-refractivity contribution is 0.0686. The summed E-state index contributed by atoms with van der Waals surface area (Å²) in [7, 11) is 1.57. The number of hydrogen-bond donors (Lipinski definition) is 3. The molecule has 8 heteroatoms. The van der Waals surface area contributed by atoms with Crippen LogP contribution in [0.1, 0.15) is 23.3 Å². The molecule has 0 spiro atoms. The Morgan fingerprint density at radius 1 is 1.74 bits per heavy atom. The van der Waals surface area contributed by atoms with Crippen molar-refractivity contribution in [3.8, 4) is 0 Å². The molecule has 1 aromatic heterocycles. The van der Waals surface area contributed by atoms with Crippen LogP contribution in [0.25, 0.3) is 0 Å². The van der Waals surface area contributed by atoms with E-state index in [9.17, 15) is 4.79 Å². The molecule has 3 N–H and O–H groups in total. The molecule has 19 heavy (non-hydrogen) atoms. The summed E-state index contributed by atoms with van der Waals surface area (Å²) in [5.41, 5.74) is 0.445. The molecule has 1 aromatic rings. The second-order valence-corrected chi connectivity index (χ2v) is 4.71. The second-order valence-electron chi connectivity index (χ2n) is 4.31. The number of aromatic nitrogens is 2. The Morgan fingerprint density at radius 2 is 2.53 bits per heavy atom. The number of carboxylic acid groups (broad SMARTS) is 1. The van der Waals surface area contributed by atoms with Gasteiger partial charge in [0.15, 0.2) is 10.8 Å². The smallest absolute Gasteiger partial charge is 0.356 e. The van der Waals surface area contributed by atoms with Gasteiger partial charge >= 0.3 is 5.97 Å². The van der Waals surface area contributed by atoms with Crippen molar-refractivity contribution >= 4 is 29.0 Å². The van der Waals surface area contributed by atoms with Crippen LogP contribution >= 0.6 is 12.2 Å². The molecule has 104 valence electrons. The van der Waals surface area contributed by atoms with Crippen molar-refractivity contribution in [3.05, 3.63) is 11.9 Å². The minimum absolute atomic E-state index is 0.0706. The van der Waals surface area contributed by atoms with Crippen molar-refractivity contribution in [3.63, 3.8) is 0 Å². The van der Waals surface area contributed by atoms with Gasteiger partial charge in [-0.05, 0) is 25.1 Å². The van der Waals surface area contributed by atoms with Crippen molar-refractivity contribution in [2.24, 2.45) is 7.05 Å². The maximum atomic E-state index is 11.1. The van der Waals surface area contributed by atoms with Gasteiger partial charge in [0.2, 0.25) is 0 Å². The number of rotatable bonds is 4. The third-order valence-corrected chi connectivity index (χ3v) is 3.15. The first kappa shape index (κ1) is 13.8. The Labute approximate surface area is 115 Å². The lowest BCUT2D eigenvalue weighted by atomic mass is 10.2. The van der Waals surface area contributed by atoms with Gasteiger partial charge in [-0.1, -0.05) is 0 Å². The Kier molecular flexibility index (Phi) is 4.33. The van der Waals surface area contributed by atoms with Crippen molar-refractivity contribution in [1.82, 2.24) is 15.1 Å². The zero-order valence-electron chi connectivity index (χ0n) is 10.5. The van der Waals surface area contributed by atoms with Gasteiger partial charge in [0, 0.05) is 20.2 Å². The summed E-state index contributed by atoms with van der Waals surface area (Å²) in [5.74, 6) is -1.05. The van der Waals surface area contributed by atoms with Crippen molar-refractivity contribution < 1.29 is 14.6 Å². The molecule has 0 amide bonds. The first-order chi connectivity index (χ1) is 9.08. The molecule has 0 aromatic carbocycles. The third-order valence-electron chi connectivity index (χ3n) is 2.90. The van der Waals surface area contributed by atoms with Gasteiger partial charge in [-0.15, -0.1) is 0 Å². The molecule has 1 saturated heterocycles. The van der Waals surface area contributed by atoms with Gasteiger partial charge in [0.25, 0.3) is 0 Å². The van der Waals surface area contributed by atoms with E-state index in [4.69, 9.17) is 22.1 Å². The quantitative estimate of drug-likeness (QED) is 0.697. The van der Waals surface area contributed by atoms with E-state index in [1.165, 1.54) is 10.9 Å². The highest BCUT2D eigenvalue weighted by molar-refractivity contribution is 7.80. The highest BCUT2D eigenvalue weighted by Crippen LogP contribution is 2.14. The second kappa shape index (κ2) is 5.98. The number of nitrogens with zero attached hydrogens (tertiary/aromatic N) is 2. The van der Waals surface area contributed by atoms with E-state index in [0.29, 0.717) is 17.3 Å². The largest absolute Gasteiger partial charge is 0.476 e. The third kappa shape index (κ3) is 3.42. The van der Waals surface area contributed by atoms with E-state index in [1.807, 2.05) is 0 Å². The van der Waals surface area contributed by atoms with Gasteiger partial charge in [-0.3, -0.25) is 4.68 Å². The van der Waals surface area contributed by atoms with E-state index in [1.54, 1.807) is 7.05 Å². The van der Waals surface area contributed by atoms with Gasteiger partial charge in [0.1, 0.15) is 0 Å². The fourth-order valence-corrected chi connectivity index (χ4v) is 2.15. The highest BCUT2D eigenvalue weighted by atomic mass is 32.1. The molecule has 1 unspecified atom stereocenters. The maximum absolute atomic E-state index is 11.1. The fraction of sp³-hybridized carbons (Fsp3) is 0.545. The summed E-state index contributed by atoms with van der Waals surface area (Å²) >= 11 is 5.12. The molecule has 2 rings (SSSR count). The van der Waals surface area contributed by atoms with Crippen molar-refractivity contribution in [1.29, 1.82) is 0 Å². The first-order valence-electron chi connectivity index (χ1n) is 5.99. The molecule has 0 radical (unpaired) electrons. The summed E-state index contributed by atoms with van der Waals surface area (Å²) in [6, 6.07) is 0. The molecule has 1 aliphatic heterocycles. The van der Waals surface area contributed by atoms with Gasteiger partial charge in [0.05, 0.1) is 18.0 Å². The monoisotopic (exact) mass is 284 g/mol. The number of thiocarbonyl (C=S) groups is 1. The molecule has 2 heterocycles. The van der Waals surface area contributed by atoms with E-state index in [0.717, 1.165) is 19.4 Å². The van der Waals surface area contributed by atoms with Crippen LogP contribution in [0, 0.1) is 0 Å². The average Bonchev–Trinajstić information content (AvgIpc) is 2.96. The molecule has 1 fully saturated rings. The van der Waals surface area contributed by atoms with Gasteiger partial charge in [-0.25, -0.2) is 4.79 Å². The summed E-state index contributed by atoms with van der Waals surface area (Å²) in [5, 5.41) is 19.2. The fourth-order valence-electron chi connectivity index (χ4n) is 1.96. The number of carboxylic acids is 1. The van der Waals surface area contributed by atoms with Crippen molar-refractivity contribution in [2.75, 3.05) is 18.5 Å². The highest BCUT2D eigenvalue weighted by Gasteiger charge is 2.18. The molecule has 1 aliphatic rings. The summed E-state index contributed by atoms with van der Waals surface area (Å²) in [6.07, 6.45) is 3.69. The summed E-state index contributed by atoms with van der Waals surface area (Å²) < 4.78 is 6.74. The number of carbonyl (C=O) groups is 1. The standard InChI is InChI=1S/C11H16N4O3S/c1-15-9(10(16)17)8(6-13-15)14-11(19)12-5-7-3-2-4-18-7/h6-7H,2-5H2,1H3,(H,16,17)(H2,12,14,19). The number of anilines is 1. The molecular weight excluding hydrogens is 268 g/mol. The van der Waals surface area contributed by atoms with Crippen LogP contribution in [-0.4, -0.2) is 45.2 Å². The lowest BCUT2D eigenvalue weighted by Gasteiger charge is -2.13. The minimum atomic E-state index is -1.05. The number of nitrogens with one attached hydrogen (secondary N) is 2. The van der Waals surface area contributed by atoms with E-state index < -0.39 is 5.97 Å². The molecule has 0 aliphatic carbocycles. The molecule has 0 saturated carbocycles. The normalized spacial score (nSPS) is 18.3. The summed E-state index contributed by atoms with van der Waals surface area (Å²) in [4.78, 5) is 11.1. The van der Waals surface area contributed by atoms with Crippen LogP contribution in [0.3, 0.4) is 0 Å². The van der Waals surface area contributed by atoms with Crippen molar-refractivity contribution in [2.45, 2.75) is 18.9 Å². The van der Waals surface area contributed by atoms with Crippen LogP contribution in [-0.2, 0) is 11.8 Å².